The quantitative estimate of drug-likeness (QED) is 0.511. The van der Waals surface area contributed by atoms with E-state index in [1.165, 1.54) is 6.07 Å². The molecule has 2 atom stereocenters. The van der Waals surface area contributed by atoms with E-state index < -0.39 is 27.7 Å². The molecule has 1 amide bonds. The Morgan fingerprint density at radius 3 is 2.76 bits per heavy atom. The Kier molecular flexibility index (Phi) is 6.09. The second kappa shape index (κ2) is 9.01. The number of carbonyl (C=O) groups excluding carboxylic acids is 1. The first-order valence-electron chi connectivity index (χ1n) is 11.5. The zero-order chi connectivity index (χ0) is 26.5. The Hall–Kier alpha value is -3.68. The van der Waals surface area contributed by atoms with Gasteiger partial charge in [-0.3, -0.25) is 9.89 Å². The van der Waals surface area contributed by atoms with Crippen molar-refractivity contribution in [2.24, 2.45) is 0 Å². The van der Waals surface area contributed by atoms with Crippen LogP contribution >= 0.6 is 0 Å². The highest BCUT2D eigenvalue weighted by atomic mass is 32.2. The van der Waals surface area contributed by atoms with Gasteiger partial charge in [0.25, 0.3) is 0 Å². The van der Waals surface area contributed by atoms with Crippen LogP contribution < -0.4 is 10.2 Å². The van der Waals surface area contributed by atoms with Crippen LogP contribution in [-0.4, -0.2) is 71.6 Å². The average Bonchev–Trinajstić information content (AvgIpc) is 3.58. The number of H-pyrrole nitrogens is 1. The molecule has 1 saturated heterocycles. The van der Waals surface area contributed by atoms with Crippen molar-refractivity contribution in [3.63, 3.8) is 0 Å². The van der Waals surface area contributed by atoms with Crippen LogP contribution in [0.2, 0.25) is 0 Å². The molecule has 5 rings (SSSR count). The standard InChI is InChI=1S/C23H24F3N7O3S/c1-13-19(37(35,36)16-3-4-17-14(7-16)10-29-31-17)8-18(32(13)2)22(34)30-15-5-6-33(11-15)21-9-20(23(24,25)26)27-12-28-21/h3-4,7,9-10,12,15,18H,5-6,8,11H2,1-2H3,(H,29,31)(H,30,34)/t15-,18?/m1/s1. The molecule has 3 aromatic rings. The van der Waals surface area contributed by atoms with Gasteiger partial charge in [-0.15, -0.1) is 0 Å². The van der Waals surface area contributed by atoms with Gasteiger partial charge in [0.05, 0.1) is 21.5 Å². The predicted octanol–water partition coefficient (Wildman–Crippen LogP) is 2.48. The fourth-order valence-electron chi connectivity index (χ4n) is 4.75. The number of sulfone groups is 1. The van der Waals surface area contributed by atoms with Gasteiger partial charge in [-0.2, -0.15) is 18.3 Å². The lowest BCUT2D eigenvalue weighted by Crippen LogP contribution is -2.46. The van der Waals surface area contributed by atoms with Crippen molar-refractivity contribution in [3.8, 4) is 0 Å². The fraction of sp³-hybridized carbons (Fsp3) is 0.391. The van der Waals surface area contributed by atoms with Gasteiger partial charge < -0.3 is 15.1 Å². The summed E-state index contributed by atoms with van der Waals surface area (Å²) in [4.78, 5) is 24.0. The SMILES string of the molecule is CC1=C(S(=O)(=O)c2ccc3[nH]ncc3c2)CC(C(=O)N[C@@H]2CCN(c3cc(C(F)(F)F)ncn3)C2)N1C. The van der Waals surface area contributed by atoms with Crippen molar-refractivity contribution in [1.82, 2.24) is 30.4 Å². The van der Waals surface area contributed by atoms with Crippen molar-refractivity contribution in [1.29, 1.82) is 0 Å². The lowest BCUT2D eigenvalue weighted by Gasteiger charge is -2.24. The first-order chi connectivity index (χ1) is 17.4. The summed E-state index contributed by atoms with van der Waals surface area (Å²) in [5, 5.41) is 10.3. The molecule has 0 aliphatic carbocycles. The summed E-state index contributed by atoms with van der Waals surface area (Å²) in [5.41, 5.74) is 0.175. The lowest BCUT2D eigenvalue weighted by atomic mass is 10.2. The normalized spacial score (nSPS) is 20.8. The molecule has 1 fully saturated rings. The summed E-state index contributed by atoms with van der Waals surface area (Å²) in [5.74, 6) is -0.208. The number of likely N-dealkylation sites (N-methyl/N-ethyl adjacent to an activating group) is 1. The second-order valence-corrected chi connectivity index (χ2v) is 11.1. The maximum Gasteiger partial charge on any atom is 0.433 e. The molecule has 4 heterocycles. The minimum absolute atomic E-state index is 0.0111. The number of hydrogen-bond donors (Lipinski definition) is 2. The Morgan fingerprint density at radius 1 is 1.22 bits per heavy atom. The molecule has 0 radical (unpaired) electrons. The topological polar surface area (TPSA) is 124 Å². The molecule has 37 heavy (non-hydrogen) atoms. The molecular weight excluding hydrogens is 511 g/mol. The highest BCUT2D eigenvalue weighted by Crippen LogP contribution is 2.35. The Morgan fingerprint density at radius 2 is 2.00 bits per heavy atom. The largest absolute Gasteiger partial charge is 0.433 e. The number of rotatable bonds is 5. The van der Waals surface area contributed by atoms with Gasteiger partial charge in [-0.25, -0.2) is 18.4 Å². The Bertz CT molecular complexity index is 1500. The summed E-state index contributed by atoms with van der Waals surface area (Å²) in [7, 11) is -2.17. The second-order valence-electron chi connectivity index (χ2n) is 9.16. The van der Waals surface area contributed by atoms with Gasteiger partial charge in [0.2, 0.25) is 15.7 Å². The molecule has 10 nitrogen and oxygen atoms in total. The molecule has 2 aliphatic rings. The first-order valence-corrected chi connectivity index (χ1v) is 13.0. The molecule has 196 valence electrons. The summed E-state index contributed by atoms with van der Waals surface area (Å²) in [6.45, 7) is 2.35. The van der Waals surface area contributed by atoms with Gasteiger partial charge >= 0.3 is 6.18 Å². The summed E-state index contributed by atoms with van der Waals surface area (Å²) >= 11 is 0. The number of benzene rings is 1. The number of amides is 1. The number of aromatic amines is 1. The van der Waals surface area contributed by atoms with E-state index in [0.29, 0.717) is 29.6 Å². The van der Waals surface area contributed by atoms with Crippen molar-refractivity contribution >= 4 is 32.5 Å². The lowest BCUT2D eigenvalue weighted by molar-refractivity contribution is -0.141. The van der Waals surface area contributed by atoms with Gasteiger partial charge in [-0.1, -0.05) is 0 Å². The van der Waals surface area contributed by atoms with E-state index in [9.17, 15) is 26.4 Å². The van der Waals surface area contributed by atoms with E-state index in [-0.39, 0.29) is 40.5 Å². The molecule has 1 unspecified atom stereocenters. The third-order valence-corrected chi connectivity index (χ3v) is 8.91. The monoisotopic (exact) mass is 535 g/mol. The number of nitrogens with one attached hydrogen (secondary N) is 2. The molecule has 0 bridgehead atoms. The maximum atomic E-state index is 13.4. The minimum atomic E-state index is -4.58. The van der Waals surface area contributed by atoms with E-state index >= 15 is 0 Å². The minimum Gasteiger partial charge on any atom is -0.365 e. The number of aromatic nitrogens is 4. The zero-order valence-electron chi connectivity index (χ0n) is 20.0. The number of halogens is 3. The van der Waals surface area contributed by atoms with Crippen LogP contribution in [0.15, 0.2) is 52.3 Å². The number of allylic oxidation sites excluding steroid dienone is 1. The fourth-order valence-corrected chi connectivity index (χ4v) is 6.48. The van der Waals surface area contributed by atoms with Crippen LogP contribution in [0.1, 0.15) is 25.5 Å². The van der Waals surface area contributed by atoms with Crippen molar-refractivity contribution in [2.45, 2.75) is 42.9 Å². The highest BCUT2D eigenvalue weighted by Gasteiger charge is 2.40. The number of alkyl halides is 3. The van der Waals surface area contributed by atoms with E-state index in [4.69, 9.17) is 0 Å². The van der Waals surface area contributed by atoms with Gasteiger partial charge in [0, 0.05) is 49.7 Å². The van der Waals surface area contributed by atoms with E-state index in [0.717, 1.165) is 12.4 Å². The van der Waals surface area contributed by atoms with Crippen LogP contribution in [-0.2, 0) is 20.8 Å². The molecule has 0 saturated carbocycles. The molecule has 2 N–H and O–H groups in total. The third-order valence-electron chi connectivity index (χ3n) is 6.93. The van der Waals surface area contributed by atoms with E-state index in [1.54, 1.807) is 42.1 Å². The van der Waals surface area contributed by atoms with Crippen molar-refractivity contribution in [2.75, 3.05) is 25.0 Å². The maximum absolute atomic E-state index is 13.4. The molecule has 2 aliphatic heterocycles. The molecular formula is C23H24F3N7O3S. The number of anilines is 1. The number of carbonyl (C=O) groups is 1. The van der Waals surface area contributed by atoms with Crippen LogP contribution in [0, 0.1) is 0 Å². The van der Waals surface area contributed by atoms with Gasteiger partial charge in [0.15, 0.2) is 0 Å². The Labute approximate surface area is 210 Å². The van der Waals surface area contributed by atoms with Crippen LogP contribution in [0.25, 0.3) is 10.9 Å². The Balaban J connectivity index is 1.26. The molecule has 0 spiro atoms. The average molecular weight is 536 g/mol. The van der Waals surface area contributed by atoms with Crippen molar-refractivity contribution in [3.05, 3.63) is 53.1 Å². The summed E-state index contributed by atoms with van der Waals surface area (Å²) < 4.78 is 65.8. The van der Waals surface area contributed by atoms with Gasteiger partial charge in [-0.05, 0) is 31.5 Å². The van der Waals surface area contributed by atoms with E-state index in [2.05, 4.69) is 25.5 Å². The summed E-state index contributed by atoms with van der Waals surface area (Å²) in [6.07, 6.45) is -1.64. The van der Waals surface area contributed by atoms with Crippen LogP contribution in [0.4, 0.5) is 19.0 Å². The van der Waals surface area contributed by atoms with Crippen LogP contribution in [0.5, 0.6) is 0 Å². The molecule has 14 heteroatoms. The number of nitrogens with zero attached hydrogens (tertiary/aromatic N) is 5. The highest BCUT2D eigenvalue weighted by molar-refractivity contribution is 7.95. The van der Waals surface area contributed by atoms with Crippen LogP contribution in [0.3, 0.4) is 0 Å². The predicted molar refractivity (Wildman–Crippen MR) is 128 cm³/mol. The molecule has 2 aromatic heterocycles. The number of fused-ring (bicyclic) bond motifs is 1. The number of hydrogen-bond acceptors (Lipinski definition) is 8. The first kappa shape index (κ1) is 25.0. The summed E-state index contributed by atoms with van der Waals surface area (Å²) in [6, 6.07) is 4.54. The van der Waals surface area contributed by atoms with Crippen molar-refractivity contribution < 1.29 is 26.4 Å². The third kappa shape index (κ3) is 4.61. The smallest absolute Gasteiger partial charge is 0.365 e. The zero-order valence-corrected chi connectivity index (χ0v) is 20.8. The van der Waals surface area contributed by atoms with Gasteiger partial charge in [0.1, 0.15) is 23.9 Å². The molecule has 1 aromatic carbocycles. The van der Waals surface area contributed by atoms with E-state index in [1.807, 2.05) is 0 Å².